The second kappa shape index (κ2) is 15.2. The Hall–Kier alpha value is -7.18. The van der Waals surface area contributed by atoms with Crippen LogP contribution >= 0.6 is 0 Å². The van der Waals surface area contributed by atoms with Gasteiger partial charge in [0.2, 0.25) is 0 Å². The van der Waals surface area contributed by atoms with Crippen LogP contribution in [0.15, 0.2) is 130 Å². The summed E-state index contributed by atoms with van der Waals surface area (Å²) < 4.78 is 16.4. The summed E-state index contributed by atoms with van der Waals surface area (Å²) in [4.78, 5) is 15.2. The Morgan fingerprint density at radius 3 is 1.55 bits per heavy atom. The van der Waals surface area contributed by atoms with E-state index in [1.165, 1.54) is 87.2 Å². The third-order valence-corrected chi connectivity index (χ3v) is 15.3. The zero-order chi connectivity index (χ0) is 46.2. The maximum Gasteiger partial charge on any atom is 0.164 e. The number of fused-ring (bicyclic) bond motifs is 10. The lowest BCUT2D eigenvalue weighted by atomic mass is 9.64. The molecule has 12 aromatic rings. The third kappa shape index (κ3) is 6.07. The average Bonchev–Trinajstić information content (AvgIpc) is 4.06. The van der Waals surface area contributed by atoms with Gasteiger partial charge < -0.3 is 13.4 Å². The van der Waals surface area contributed by atoms with Crippen molar-refractivity contribution in [3.63, 3.8) is 0 Å². The average molecular weight is 849 g/mol. The second-order valence-corrected chi connectivity index (χ2v) is 18.7. The van der Waals surface area contributed by atoms with Gasteiger partial charge in [-0.2, -0.15) is 0 Å². The molecular formula is C51H40B10N4O2. The van der Waals surface area contributed by atoms with Gasteiger partial charge in [0.1, 0.15) is 101 Å². The highest BCUT2D eigenvalue weighted by Gasteiger charge is 2.28. The van der Waals surface area contributed by atoms with Crippen molar-refractivity contribution in [1.29, 1.82) is 0 Å². The van der Waals surface area contributed by atoms with E-state index in [1.54, 1.807) is 0 Å². The van der Waals surface area contributed by atoms with Gasteiger partial charge in [0.15, 0.2) is 17.5 Å². The molecule has 0 bridgehead atoms. The largest absolute Gasteiger partial charge is 0.456 e. The van der Waals surface area contributed by atoms with Crippen LogP contribution in [-0.2, 0) is 0 Å². The second-order valence-electron chi connectivity index (χ2n) is 18.7. The molecule has 4 aromatic heterocycles. The summed E-state index contributed by atoms with van der Waals surface area (Å²) in [6.45, 7) is 0. The Morgan fingerprint density at radius 2 is 0.851 bits per heavy atom. The van der Waals surface area contributed by atoms with E-state index in [9.17, 15) is 0 Å². The van der Waals surface area contributed by atoms with Gasteiger partial charge >= 0.3 is 0 Å². The lowest BCUT2D eigenvalue weighted by Gasteiger charge is -2.16. The molecule has 6 nitrogen and oxygen atoms in total. The van der Waals surface area contributed by atoms with Crippen LogP contribution < -0.4 is 54.6 Å². The molecular weight excluding hydrogens is 809 g/mol. The zero-order valence-electron chi connectivity index (χ0n) is 39.7. The normalized spacial score (nSPS) is 11.9. The smallest absolute Gasteiger partial charge is 0.164 e. The van der Waals surface area contributed by atoms with Crippen molar-refractivity contribution < 1.29 is 8.83 Å². The van der Waals surface area contributed by atoms with Gasteiger partial charge in [-0.15, -0.1) is 10.9 Å². The molecule has 16 heteroatoms. The van der Waals surface area contributed by atoms with Crippen molar-refractivity contribution in [3.05, 3.63) is 121 Å². The Morgan fingerprint density at radius 1 is 0.328 bits per heavy atom. The maximum atomic E-state index is 7.18. The fourth-order valence-corrected chi connectivity index (χ4v) is 10.8. The maximum absolute atomic E-state index is 7.18. The molecule has 0 fully saturated rings. The van der Waals surface area contributed by atoms with Gasteiger partial charge in [0, 0.05) is 54.8 Å². The molecule has 0 aliphatic heterocycles. The number of aromatic nitrogens is 4. The van der Waals surface area contributed by atoms with E-state index in [0.717, 1.165) is 66.6 Å². The van der Waals surface area contributed by atoms with E-state index in [1.807, 2.05) is 36.4 Å². The lowest BCUT2D eigenvalue weighted by Crippen LogP contribution is -2.48. The molecule has 306 valence electrons. The van der Waals surface area contributed by atoms with Gasteiger partial charge in [-0.25, -0.2) is 15.0 Å². The lowest BCUT2D eigenvalue weighted by molar-refractivity contribution is 0.669. The first-order valence-electron chi connectivity index (χ1n) is 23.2. The van der Waals surface area contributed by atoms with Crippen molar-refractivity contribution in [2.75, 3.05) is 0 Å². The third-order valence-electron chi connectivity index (χ3n) is 15.3. The van der Waals surface area contributed by atoms with Crippen LogP contribution in [0.3, 0.4) is 0 Å². The summed E-state index contributed by atoms with van der Waals surface area (Å²) in [6.07, 6.45) is 0. The highest BCUT2D eigenvalue weighted by atomic mass is 16.3. The minimum atomic E-state index is 0.581. The molecule has 0 saturated carbocycles. The predicted molar refractivity (Wildman–Crippen MR) is 312 cm³/mol. The fraction of sp³-hybridized carbons (Fsp3) is 0. The number of furan rings is 2. The van der Waals surface area contributed by atoms with Crippen molar-refractivity contribution in [1.82, 2.24) is 19.5 Å². The molecule has 0 radical (unpaired) electrons. The molecule has 0 N–H and O–H groups in total. The van der Waals surface area contributed by atoms with Crippen molar-refractivity contribution in [2.24, 2.45) is 0 Å². The summed E-state index contributed by atoms with van der Waals surface area (Å²) in [5.41, 5.74) is 24.8. The molecule has 0 spiro atoms. The van der Waals surface area contributed by atoms with Crippen LogP contribution in [0.4, 0.5) is 0 Å². The summed E-state index contributed by atoms with van der Waals surface area (Å²) in [6, 6.07) is 41.9. The van der Waals surface area contributed by atoms with E-state index >= 15 is 0 Å². The van der Waals surface area contributed by atoms with E-state index in [2.05, 4.69) is 168 Å². The van der Waals surface area contributed by atoms with Crippen LogP contribution in [0.2, 0.25) is 0 Å². The van der Waals surface area contributed by atoms with Crippen LogP contribution in [0.1, 0.15) is 0 Å². The van der Waals surface area contributed by atoms with Crippen molar-refractivity contribution >= 4 is 199 Å². The topological polar surface area (TPSA) is 69.9 Å². The van der Waals surface area contributed by atoms with Gasteiger partial charge in [0.05, 0.1) is 10.9 Å². The fourth-order valence-electron chi connectivity index (χ4n) is 10.8. The van der Waals surface area contributed by atoms with Crippen LogP contribution in [0.5, 0.6) is 0 Å². The number of rotatable bonds is 5. The van der Waals surface area contributed by atoms with Crippen molar-refractivity contribution in [3.8, 4) is 51.0 Å². The first-order valence-corrected chi connectivity index (χ1v) is 23.2. The highest BCUT2D eigenvalue weighted by molar-refractivity contribution is 6.71. The van der Waals surface area contributed by atoms with Gasteiger partial charge in [0.25, 0.3) is 0 Å². The van der Waals surface area contributed by atoms with E-state index in [4.69, 9.17) is 23.8 Å². The van der Waals surface area contributed by atoms with Crippen LogP contribution in [0.25, 0.3) is 117 Å². The number of nitrogens with zero attached hydrogens (tertiary/aromatic N) is 4. The molecule has 67 heavy (non-hydrogen) atoms. The molecule has 0 unspecified atom stereocenters. The summed E-state index contributed by atoms with van der Waals surface area (Å²) >= 11 is 0. The first kappa shape index (κ1) is 41.3. The number of hydrogen-bond acceptors (Lipinski definition) is 5. The summed E-state index contributed by atoms with van der Waals surface area (Å²) in [7, 11) is 22.6. The zero-order valence-corrected chi connectivity index (χ0v) is 39.7. The highest BCUT2D eigenvalue weighted by Crippen LogP contribution is 2.39. The van der Waals surface area contributed by atoms with Gasteiger partial charge in [-0.3, -0.25) is 0 Å². The van der Waals surface area contributed by atoms with E-state index in [-0.39, 0.29) is 0 Å². The predicted octanol–water partition coefficient (Wildman–Crippen LogP) is -3.98. The summed E-state index contributed by atoms with van der Waals surface area (Å²) in [5, 5.41) is 6.98. The number of hydrogen-bond donors (Lipinski definition) is 0. The standard InChI is InChI=1S/C51H40B10N4O2/c52-35-31-34-46(42(59)37(54)32-33-36(53)39(56)41(58)44(61)48(33)67-47(32)34)65(45(31)43(60)40(57)38(35)55)26-15-17-29-28(20-26)27-16-14-25(19-30(27)66-29)51-63-49(22-10-5-2-6-11-22)62-50(64-51)24-13-7-12-23(18-24)21-8-3-1-4-9-21/h1-20H,52-61H2. The minimum absolute atomic E-state index is 0.581. The Balaban J connectivity index is 1.06. The monoisotopic (exact) mass is 850 g/mol. The van der Waals surface area contributed by atoms with Crippen molar-refractivity contribution in [2.45, 2.75) is 0 Å². The van der Waals surface area contributed by atoms with Gasteiger partial charge in [-0.05, 0) is 47.5 Å². The Bertz CT molecular complexity index is 4110. The molecule has 0 aliphatic carbocycles. The molecule has 0 amide bonds. The summed E-state index contributed by atoms with van der Waals surface area (Å²) in [5.74, 6) is 1.81. The molecule has 12 rings (SSSR count). The van der Waals surface area contributed by atoms with E-state index < -0.39 is 0 Å². The SMILES string of the molecule is Bc1c(B)c(B)c2c(oc3c2c(B)c(B)c2c3c3c(B)c(B)c(B)c(B)c3n2-c2ccc3oc4cc(-c5nc(-c6ccccc6)nc(-c6cccc(-c7ccccc7)c6)n5)ccc4c3c2)c1B. The van der Waals surface area contributed by atoms with E-state index in [0.29, 0.717) is 17.5 Å². The Labute approximate surface area is 397 Å². The molecule has 0 atom stereocenters. The Kier molecular flexibility index (Phi) is 9.35. The first-order chi connectivity index (χ1) is 32.4. The van der Waals surface area contributed by atoms with Gasteiger partial charge in [-0.1, -0.05) is 129 Å². The molecule has 4 heterocycles. The van der Waals surface area contributed by atoms with Crippen LogP contribution in [0, 0.1) is 0 Å². The molecule has 0 aliphatic rings. The molecule has 8 aromatic carbocycles. The minimum Gasteiger partial charge on any atom is -0.456 e. The number of benzene rings is 8. The quantitative estimate of drug-likeness (QED) is 0.166. The molecule has 0 saturated heterocycles. The van der Waals surface area contributed by atoms with Crippen LogP contribution in [-0.4, -0.2) is 98.0 Å².